The summed E-state index contributed by atoms with van der Waals surface area (Å²) in [5, 5.41) is 1.03. The molecule has 0 aliphatic rings. The lowest BCUT2D eigenvalue weighted by Crippen LogP contribution is -2.44. The van der Waals surface area contributed by atoms with Gasteiger partial charge in [-0.3, -0.25) is 18.7 Å². The predicted molar refractivity (Wildman–Crippen MR) is 164 cm³/mol. The quantitative estimate of drug-likeness (QED) is 0.202. The molecule has 222 valence electrons. The third-order valence-corrected chi connectivity index (χ3v) is 8.45. The second kappa shape index (κ2) is 12.6. The van der Waals surface area contributed by atoms with Crippen LogP contribution in [0.25, 0.3) is 22.0 Å². The number of hydrogen-bond donors (Lipinski definition) is 1. The first-order valence-electron chi connectivity index (χ1n) is 13.6. The Morgan fingerprint density at radius 3 is 2.14 bits per heavy atom. The number of hydrogen-bond acceptors (Lipinski definition) is 6. The van der Waals surface area contributed by atoms with Gasteiger partial charge in [0.25, 0.3) is 5.56 Å². The smallest absolute Gasteiger partial charge is 0.331 e. The molecular formula is C31H34ClN3O6S. The molecule has 1 unspecified atom stereocenters. The molecule has 3 aromatic carbocycles. The van der Waals surface area contributed by atoms with Crippen LogP contribution in [0, 0.1) is 0 Å². The molecule has 0 saturated carbocycles. The molecule has 0 amide bonds. The summed E-state index contributed by atoms with van der Waals surface area (Å²) in [7, 11) is -2.47. The molecule has 11 heteroatoms. The van der Waals surface area contributed by atoms with Crippen LogP contribution in [0.4, 0.5) is 0 Å². The minimum absolute atomic E-state index is 0.0000141. The van der Waals surface area contributed by atoms with Crippen molar-refractivity contribution in [3.63, 3.8) is 0 Å². The molecule has 1 aromatic heterocycles. The molecule has 0 radical (unpaired) electrons. The highest BCUT2D eigenvalue weighted by molar-refractivity contribution is 7.89. The summed E-state index contributed by atoms with van der Waals surface area (Å²) in [4.78, 5) is 38.8. The highest BCUT2D eigenvalue weighted by Crippen LogP contribution is 2.23. The van der Waals surface area contributed by atoms with Crippen molar-refractivity contribution in [2.75, 3.05) is 0 Å². The number of fused-ring (bicyclic) bond motifs is 1. The van der Waals surface area contributed by atoms with Crippen LogP contribution in [-0.2, 0) is 33.1 Å². The standard InChI is InChI=1S/C31H34ClN3O6S/c1-31(2,3)41-29(37)26(10-7-8-20-35-28(36)25-9-5-6-11-27(25)34(4)30(35)38)33-42(39,40)24-18-14-22(15-19-24)21-12-16-23(32)17-13-21/h5-6,9,11-19,26,33H,7-8,10,20H2,1-4H3. The Bertz CT molecular complexity index is 1810. The number of halogens is 1. The molecule has 0 fully saturated rings. The lowest BCUT2D eigenvalue weighted by Gasteiger charge is -2.24. The maximum atomic E-state index is 13.3. The van der Waals surface area contributed by atoms with E-state index >= 15 is 0 Å². The fraction of sp³-hybridized carbons (Fsp3) is 0.323. The Morgan fingerprint density at radius 1 is 0.929 bits per heavy atom. The number of ether oxygens (including phenoxy) is 1. The van der Waals surface area contributed by atoms with Crippen molar-refractivity contribution in [3.8, 4) is 11.1 Å². The largest absolute Gasteiger partial charge is 0.459 e. The first-order chi connectivity index (χ1) is 19.8. The van der Waals surface area contributed by atoms with E-state index in [9.17, 15) is 22.8 Å². The van der Waals surface area contributed by atoms with E-state index in [1.165, 1.54) is 16.7 Å². The van der Waals surface area contributed by atoms with Crippen LogP contribution >= 0.6 is 11.6 Å². The van der Waals surface area contributed by atoms with Gasteiger partial charge in [-0.1, -0.05) is 48.0 Å². The second-order valence-corrected chi connectivity index (χ2v) is 13.2. The molecule has 1 heterocycles. The molecule has 0 aliphatic heterocycles. The van der Waals surface area contributed by atoms with Crippen molar-refractivity contribution >= 4 is 38.5 Å². The summed E-state index contributed by atoms with van der Waals surface area (Å²) in [6.07, 6.45) is 0.828. The Kier molecular flexibility index (Phi) is 9.40. The number of nitrogens with one attached hydrogen (secondary N) is 1. The maximum absolute atomic E-state index is 13.3. The van der Waals surface area contributed by atoms with Crippen LogP contribution in [0.15, 0.2) is 87.3 Å². The van der Waals surface area contributed by atoms with Crippen LogP contribution < -0.4 is 16.0 Å². The lowest BCUT2D eigenvalue weighted by atomic mass is 10.1. The highest BCUT2D eigenvalue weighted by atomic mass is 35.5. The van der Waals surface area contributed by atoms with E-state index in [2.05, 4.69) is 4.72 Å². The number of esters is 1. The molecule has 4 rings (SSSR count). The lowest BCUT2D eigenvalue weighted by molar-refractivity contribution is -0.157. The fourth-order valence-electron chi connectivity index (χ4n) is 4.60. The second-order valence-electron chi connectivity index (χ2n) is 11.0. The first-order valence-corrected chi connectivity index (χ1v) is 15.4. The SMILES string of the molecule is Cn1c(=O)n(CCCCC(NS(=O)(=O)c2ccc(-c3ccc(Cl)cc3)cc2)C(=O)OC(C)(C)C)c(=O)c2ccccc21. The fourth-order valence-corrected chi connectivity index (χ4v) is 5.95. The van der Waals surface area contributed by atoms with Crippen LogP contribution in [0.3, 0.4) is 0 Å². The van der Waals surface area contributed by atoms with Crippen molar-refractivity contribution in [2.45, 2.75) is 63.1 Å². The number of para-hydroxylation sites is 1. The van der Waals surface area contributed by atoms with E-state index in [0.717, 1.165) is 15.7 Å². The van der Waals surface area contributed by atoms with Gasteiger partial charge in [-0.05, 0) is 87.6 Å². The molecule has 9 nitrogen and oxygen atoms in total. The molecule has 1 N–H and O–H groups in total. The van der Waals surface area contributed by atoms with E-state index in [0.29, 0.717) is 28.8 Å². The van der Waals surface area contributed by atoms with Crippen LogP contribution in [0.2, 0.25) is 5.02 Å². The number of carbonyl (C=O) groups is 1. The number of carbonyl (C=O) groups excluding carboxylic acids is 1. The van der Waals surface area contributed by atoms with Crippen molar-refractivity contribution in [1.29, 1.82) is 0 Å². The summed E-state index contributed by atoms with van der Waals surface area (Å²) >= 11 is 5.96. The van der Waals surface area contributed by atoms with Crippen molar-refractivity contribution in [3.05, 3.63) is 98.7 Å². The Morgan fingerprint density at radius 2 is 1.52 bits per heavy atom. The third-order valence-electron chi connectivity index (χ3n) is 6.71. The van der Waals surface area contributed by atoms with Gasteiger partial charge in [0.15, 0.2) is 0 Å². The number of sulfonamides is 1. The summed E-state index contributed by atoms with van der Waals surface area (Å²) in [6, 6.07) is 19.2. The maximum Gasteiger partial charge on any atom is 0.331 e. The van der Waals surface area contributed by atoms with Gasteiger partial charge < -0.3 is 4.74 Å². The van der Waals surface area contributed by atoms with Gasteiger partial charge in [0.2, 0.25) is 10.0 Å². The summed E-state index contributed by atoms with van der Waals surface area (Å²) < 4.78 is 37.2. The molecule has 0 spiro atoms. The Labute approximate surface area is 249 Å². The summed E-state index contributed by atoms with van der Waals surface area (Å²) in [6.45, 7) is 5.23. The Hall–Kier alpha value is -3.73. The van der Waals surface area contributed by atoms with Crippen LogP contribution in [-0.4, -0.2) is 35.2 Å². The van der Waals surface area contributed by atoms with Crippen molar-refractivity contribution < 1.29 is 17.9 Å². The number of aromatic nitrogens is 2. The van der Waals surface area contributed by atoms with Crippen LogP contribution in [0.1, 0.15) is 40.0 Å². The number of unbranched alkanes of at least 4 members (excludes halogenated alkanes) is 1. The van der Waals surface area contributed by atoms with Gasteiger partial charge in [-0.2, -0.15) is 4.72 Å². The van der Waals surface area contributed by atoms with Crippen molar-refractivity contribution in [1.82, 2.24) is 13.9 Å². The Balaban J connectivity index is 1.49. The van der Waals surface area contributed by atoms with Gasteiger partial charge in [0.1, 0.15) is 11.6 Å². The summed E-state index contributed by atoms with van der Waals surface area (Å²) in [5.41, 5.74) is 0.577. The van der Waals surface area contributed by atoms with Crippen LogP contribution in [0.5, 0.6) is 0 Å². The highest BCUT2D eigenvalue weighted by Gasteiger charge is 2.29. The predicted octanol–water partition coefficient (Wildman–Crippen LogP) is 4.88. The van der Waals surface area contributed by atoms with Gasteiger partial charge in [-0.25, -0.2) is 13.2 Å². The van der Waals surface area contributed by atoms with E-state index in [4.69, 9.17) is 16.3 Å². The first kappa shape index (κ1) is 31.2. The molecule has 0 bridgehead atoms. The average Bonchev–Trinajstić information content (AvgIpc) is 2.94. The topological polar surface area (TPSA) is 116 Å². The van der Waals surface area contributed by atoms with Gasteiger partial charge in [-0.15, -0.1) is 0 Å². The van der Waals surface area contributed by atoms with Gasteiger partial charge in [0, 0.05) is 18.6 Å². The van der Waals surface area contributed by atoms with E-state index in [1.54, 1.807) is 76.3 Å². The number of aryl methyl sites for hydroxylation is 1. The van der Waals surface area contributed by atoms with E-state index in [1.807, 2.05) is 12.1 Å². The zero-order valence-corrected chi connectivity index (χ0v) is 25.5. The summed E-state index contributed by atoms with van der Waals surface area (Å²) in [5.74, 6) is -0.706. The monoisotopic (exact) mass is 611 g/mol. The molecule has 0 saturated heterocycles. The van der Waals surface area contributed by atoms with Gasteiger partial charge >= 0.3 is 11.7 Å². The number of nitrogens with zero attached hydrogens (tertiary/aromatic N) is 2. The molecular weight excluding hydrogens is 578 g/mol. The zero-order chi connectivity index (χ0) is 30.7. The minimum atomic E-state index is -4.08. The minimum Gasteiger partial charge on any atom is -0.459 e. The number of benzene rings is 3. The van der Waals surface area contributed by atoms with E-state index < -0.39 is 33.3 Å². The molecule has 42 heavy (non-hydrogen) atoms. The number of rotatable bonds is 10. The normalized spacial score (nSPS) is 12.8. The third kappa shape index (κ3) is 7.36. The van der Waals surface area contributed by atoms with Gasteiger partial charge in [0.05, 0.1) is 15.8 Å². The molecule has 0 aliphatic carbocycles. The van der Waals surface area contributed by atoms with E-state index in [-0.39, 0.29) is 23.4 Å². The van der Waals surface area contributed by atoms with Crippen molar-refractivity contribution in [2.24, 2.45) is 7.05 Å². The molecule has 4 aromatic rings. The zero-order valence-electron chi connectivity index (χ0n) is 24.0. The average molecular weight is 612 g/mol. The molecule has 1 atom stereocenters.